The van der Waals surface area contributed by atoms with Crippen molar-refractivity contribution >= 4 is 11.9 Å². The molecule has 5 nitrogen and oxygen atoms in total. The van der Waals surface area contributed by atoms with Gasteiger partial charge in [0.05, 0.1) is 25.0 Å². The fourth-order valence-electron chi connectivity index (χ4n) is 2.41. The first-order valence-corrected chi connectivity index (χ1v) is 8.10. The van der Waals surface area contributed by atoms with Crippen molar-refractivity contribution in [3.8, 4) is 5.75 Å². The molecule has 0 saturated heterocycles. The van der Waals surface area contributed by atoms with Crippen LogP contribution in [0.3, 0.4) is 0 Å². The number of methoxy groups -OCH3 is 1. The number of nitrogens with zero attached hydrogens (tertiary/aromatic N) is 2. The van der Waals surface area contributed by atoms with Crippen LogP contribution in [0, 0.1) is 6.92 Å². The summed E-state index contributed by atoms with van der Waals surface area (Å²) in [6, 6.07) is 5.78. The van der Waals surface area contributed by atoms with Gasteiger partial charge in [-0.2, -0.15) is 5.10 Å². The maximum atomic E-state index is 12.4. The fraction of sp³-hybridized carbons (Fsp3) is 0.368. The molecule has 0 atom stereocenters. The van der Waals surface area contributed by atoms with Crippen molar-refractivity contribution in [3.63, 3.8) is 0 Å². The number of hydrogen-bond acceptors (Lipinski definition) is 4. The van der Waals surface area contributed by atoms with Crippen molar-refractivity contribution in [2.75, 3.05) is 13.7 Å². The molecular formula is C19H24N2O3. The van der Waals surface area contributed by atoms with Crippen LogP contribution in [0.25, 0.3) is 6.08 Å². The third kappa shape index (κ3) is 4.32. The Hall–Kier alpha value is -2.40. The Labute approximate surface area is 142 Å². The number of aromatic nitrogens is 2. The van der Waals surface area contributed by atoms with Gasteiger partial charge in [0.2, 0.25) is 0 Å². The van der Waals surface area contributed by atoms with E-state index in [0.717, 1.165) is 29.1 Å². The number of allylic oxidation sites excluding steroid dienone is 1. The minimum Gasteiger partial charge on any atom is -0.496 e. The predicted octanol–water partition coefficient (Wildman–Crippen LogP) is 3.65. The molecule has 24 heavy (non-hydrogen) atoms. The smallest absolute Gasteiger partial charge is 0.189 e. The molecule has 128 valence electrons. The van der Waals surface area contributed by atoms with Crippen LogP contribution >= 0.6 is 0 Å². The van der Waals surface area contributed by atoms with Crippen LogP contribution in [-0.4, -0.2) is 29.3 Å². The molecule has 2 aromatic rings. The first-order chi connectivity index (χ1) is 11.6. The summed E-state index contributed by atoms with van der Waals surface area (Å²) in [5, 5.41) is 4.30. The van der Waals surface area contributed by atoms with Gasteiger partial charge in [-0.3, -0.25) is 9.48 Å². The average Bonchev–Trinajstić information content (AvgIpc) is 2.98. The number of rotatable bonds is 8. The zero-order valence-corrected chi connectivity index (χ0v) is 14.7. The van der Waals surface area contributed by atoms with Crippen molar-refractivity contribution in [2.45, 2.75) is 33.9 Å². The molecule has 0 N–H and O–H groups in total. The summed E-state index contributed by atoms with van der Waals surface area (Å²) in [5.74, 6) is 0.737. The van der Waals surface area contributed by atoms with Gasteiger partial charge in [0.25, 0.3) is 0 Å². The summed E-state index contributed by atoms with van der Waals surface area (Å²) in [7, 11) is 1.64. The average molecular weight is 328 g/mol. The zero-order chi connectivity index (χ0) is 17.5. The first kappa shape index (κ1) is 17.9. The normalized spacial score (nSPS) is 11.2. The minimum absolute atomic E-state index is 0.0469. The van der Waals surface area contributed by atoms with Crippen LogP contribution in [0.4, 0.5) is 0 Å². The van der Waals surface area contributed by atoms with Gasteiger partial charge in [-0.25, -0.2) is 0 Å². The van der Waals surface area contributed by atoms with Crippen LogP contribution in [0.5, 0.6) is 5.75 Å². The Morgan fingerprint density at radius 2 is 2.12 bits per heavy atom. The second kappa shape index (κ2) is 8.45. The van der Waals surface area contributed by atoms with Gasteiger partial charge < -0.3 is 9.47 Å². The Morgan fingerprint density at radius 1 is 1.33 bits per heavy atom. The van der Waals surface area contributed by atoms with Gasteiger partial charge in [0.15, 0.2) is 5.78 Å². The molecule has 1 aromatic heterocycles. The topological polar surface area (TPSA) is 53.4 Å². The molecule has 0 spiro atoms. The molecule has 0 bridgehead atoms. The molecule has 2 rings (SSSR count). The summed E-state index contributed by atoms with van der Waals surface area (Å²) >= 11 is 0. The predicted molar refractivity (Wildman–Crippen MR) is 94.3 cm³/mol. The molecule has 0 aliphatic carbocycles. The van der Waals surface area contributed by atoms with Gasteiger partial charge in [0, 0.05) is 24.9 Å². The molecular weight excluding hydrogens is 304 g/mol. The van der Waals surface area contributed by atoms with Crippen molar-refractivity contribution in [1.82, 2.24) is 9.78 Å². The number of carbonyl (C=O) groups is 1. The van der Waals surface area contributed by atoms with Crippen LogP contribution in [0.15, 0.2) is 30.5 Å². The second-order valence-electron chi connectivity index (χ2n) is 5.39. The molecule has 0 unspecified atom stereocenters. The highest BCUT2D eigenvalue weighted by Crippen LogP contribution is 2.22. The Morgan fingerprint density at radius 3 is 2.75 bits per heavy atom. The van der Waals surface area contributed by atoms with Gasteiger partial charge in [-0.05, 0) is 44.5 Å². The lowest BCUT2D eigenvalue weighted by Gasteiger charge is -2.09. The number of hydrogen-bond donors (Lipinski definition) is 0. The lowest BCUT2D eigenvalue weighted by Crippen LogP contribution is -1.97. The molecule has 5 heteroatoms. The zero-order valence-electron chi connectivity index (χ0n) is 14.7. The number of carbonyl (C=O) groups excluding carboxylic acids is 1. The van der Waals surface area contributed by atoms with E-state index in [-0.39, 0.29) is 5.78 Å². The number of ether oxygens (including phenoxy) is 2. The van der Waals surface area contributed by atoms with E-state index in [1.165, 1.54) is 0 Å². The number of benzene rings is 1. The van der Waals surface area contributed by atoms with Crippen molar-refractivity contribution in [3.05, 3.63) is 52.9 Å². The molecule has 0 aliphatic heterocycles. The summed E-state index contributed by atoms with van der Waals surface area (Å²) in [6.45, 7) is 7.67. The maximum Gasteiger partial charge on any atom is 0.189 e. The number of aryl methyl sites for hydroxylation is 2. The van der Waals surface area contributed by atoms with Crippen LogP contribution in [-0.2, 0) is 17.9 Å². The van der Waals surface area contributed by atoms with E-state index in [4.69, 9.17) is 9.47 Å². The quantitative estimate of drug-likeness (QED) is 0.548. The Balaban J connectivity index is 2.18. The SMILES string of the molecule is CCOCc1cc(/C=C/C(=O)c2cn(CC)nc2C)ccc1OC. The van der Waals surface area contributed by atoms with Crippen molar-refractivity contribution in [1.29, 1.82) is 0 Å². The molecule has 0 radical (unpaired) electrons. The number of ketones is 1. The van der Waals surface area contributed by atoms with Gasteiger partial charge in [-0.1, -0.05) is 12.1 Å². The van der Waals surface area contributed by atoms with Crippen LogP contribution in [0.2, 0.25) is 0 Å². The van der Waals surface area contributed by atoms with Crippen molar-refractivity contribution < 1.29 is 14.3 Å². The molecule has 0 amide bonds. The summed E-state index contributed by atoms with van der Waals surface area (Å²) in [5.41, 5.74) is 3.28. The van der Waals surface area contributed by atoms with Crippen molar-refractivity contribution in [2.24, 2.45) is 0 Å². The fourth-order valence-corrected chi connectivity index (χ4v) is 2.41. The maximum absolute atomic E-state index is 12.4. The third-order valence-corrected chi connectivity index (χ3v) is 3.73. The highest BCUT2D eigenvalue weighted by Gasteiger charge is 2.10. The first-order valence-electron chi connectivity index (χ1n) is 8.10. The lowest BCUT2D eigenvalue weighted by molar-refractivity contribution is 0.104. The molecule has 0 saturated carbocycles. The lowest BCUT2D eigenvalue weighted by atomic mass is 10.1. The minimum atomic E-state index is -0.0469. The van der Waals surface area contributed by atoms with E-state index in [9.17, 15) is 4.79 Å². The highest BCUT2D eigenvalue weighted by atomic mass is 16.5. The molecule has 0 fully saturated rings. The molecule has 0 aliphatic rings. The summed E-state index contributed by atoms with van der Waals surface area (Å²) in [6.07, 6.45) is 5.17. The van der Waals surface area contributed by atoms with E-state index in [1.54, 1.807) is 30.1 Å². The Bertz CT molecular complexity index is 732. The van der Waals surface area contributed by atoms with Gasteiger partial charge >= 0.3 is 0 Å². The van der Waals surface area contributed by atoms with E-state index in [1.807, 2.05) is 39.0 Å². The van der Waals surface area contributed by atoms with E-state index >= 15 is 0 Å². The summed E-state index contributed by atoms with van der Waals surface area (Å²) in [4.78, 5) is 12.4. The largest absolute Gasteiger partial charge is 0.496 e. The standard InChI is InChI=1S/C19H24N2O3/c1-5-21-12-17(14(3)20-21)18(22)9-7-15-8-10-19(23-4)16(11-15)13-24-6-2/h7-12H,5-6,13H2,1-4H3/b9-7+. The highest BCUT2D eigenvalue weighted by molar-refractivity contribution is 6.07. The van der Waals surface area contributed by atoms with Crippen LogP contribution < -0.4 is 4.74 Å². The van der Waals surface area contributed by atoms with Gasteiger partial charge in [-0.15, -0.1) is 0 Å². The monoisotopic (exact) mass is 328 g/mol. The Kier molecular flexibility index (Phi) is 6.32. The van der Waals surface area contributed by atoms with E-state index < -0.39 is 0 Å². The molecule has 1 heterocycles. The van der Waals surface area contributed by atoms with E-state index in [0.29, 0.717) is 18.8 Å². The third-order valence-electron chi connectivity index (χ3n) is 3.73. The molecule has 1 aromatic carbocycles. The van der Waals surface area contributed by atoms with Crippen LogP contribution in [0.1, 0.15) is 41.0 Å². The second-order valence-corrected chi connectivity index (χ2v) is 5.39. The summed E-state index contributed by atoms with van der Waals surface area (Å²) < 4.78 is 12.6. The van der Waals surface area contributed by atoms with E-state index in [2.05, 4.69) is 5.10 Å². The van der Waals surface area contributed by atoms with Gasteiger partial charge in [0.1, 0.15) is 5.75 Å².